The van der Waals surface area contributed by atoms with Gasteiger partial charge in [-0.3, -0.25) is 4.79 Å². The van der Waals surface area contributed by atoms with Crippen LogP contribution in [0.1, 0.15) is 36.5 Å². The Hall–Kier alpha value is -1.07. The van der Waals surface area contributed by atoms with Gasteiger partial charge in [0.05, 0.1) is 19.3 Å². The maximum Gasteiger partial charge on any atom is 0.192 e. The van der Waals surface area contributed by atoms with Crippen LogP contribution in [0.3, 0.4) is 0 Å². The summed E-state index contributed by atoms with van der Waals surface area (Å²) in [5, 5.41) is 0. The Morgan fingerprint density at radius 1 is 1.20 bits per heavy atom. The van der Waals surface area contributed by atoms with Crippen LogP contribution in [-0.2, 0) is 4.74 Å². The topological polar surface area (TPSA) is 44.8 Å². The second-order valence-corrected chi connectivity index (χ2v) is 6.06. The average molecular weight is 341 g/mol. The van der Waals surface area contributed by atoms with Gasteiger partial charge in [0, 0.05) is 16.5 Å². The molecule has 2 aliphatic heterocycles. The van der Waals surface area contributed by atoms with Crippen molar-refractivity contribution < 1.29 is 19.0 Å². The monoisotopic (exact) mass is 340 g/mol. The summed E-state index contributed by atoms with van der Waals surface area (Å²) in [7, 11) is 0. The first-order valence-electron chi connectivity index (χ1n) is 6.94. The Labute approximate surface area is 126 Å². The van der Waals surface area contributed by atoms with E-state index in [1.54, 1.807) is 6.07 Å². The normalized spacial score (nSPS) is 25.3. The zero-order valence-corrected chi connectivity index (χ0v) is 12.9. The Morgan fingerprint density at radius 3 is 2.55 bits per heavy atom. The number of hydrogen-bond acceptors (Lipinski definition) is 4. The lowest BCUT2D eigenvalue weighted by atomic mass is 10.0. The molecule has 2 aliphatic rings. The van der Waals surface area contributed by atoms with E-state index >= 15 is 0 Å². The molecule has 5 heteroatoms. The van der Waals surface area contributed by atoms with Gasteiger partial charge in [-0.1, -0.05) is 0 Å². The molecule has 3 rings (SSSR count). The predicted molar refractivity (Wildman–Crippen MR) is 77.6 cm³/mol. The van der Waals surface area contributed by atoms with Gasteiger partial charge in [0.2, 0.25) is 0 Å². The molecule has 2 unspecified atom stereocenters. The second-order valence-electron chi connectivity index (χ2n) is 5.21. The van der Waals surface area contributed by atoms with E-state index in [0.717, 1.165) is 23.7 Å². The van der Waals surface area contributed by atoms with Crippen LogP contribution in [0.4, 0.5) is 0 Å². The van der Waals surface area contributed by atoms with Crippen molar-refractivity contribution in [2.45, 2.75) is 38.4 Å². The minimum Gasteiger partial charge on any atom is -0.490 e. The molecule has 4 nitrogen and oxygen atoms in total. The minimum absolute atomic E-state index is 0.0110. The molecule has 20 heavy (non-hydrogen) atoms. The highest BCUT2D eigenvalue weighted by Crippen LogP contribution is 2.36. The molecule has 2 atom stereocenters. The van der Waals surface area contributed by atoms with Crippen molar-refractivity contribution in [1.29, 1.82) is 0 Å². The molecule has 1 aromatic rings. The van der Waals surface area contributed by atoms with Gasteiger partial charge in [0.1, 0.15) is 6.10 Å². The van der Waals surface area contributed by atoms with Crippen molar-refractivity contribution in [2.75, 3.05) is 13.2 Å². The van der Waals surface area contributed by atoms with E-state index in [4.69, 9.17) is 14.2 Å². The zero-order valence-electron chi connectivity index (χ0n) is 11.4. The van der Waals surface area contributed by atoms with Crippen molar-refractivity contribution in [1.82, 2.24) is 0 Å². The molecule has 0 bridgehead atoms. The third-order valence-corrected chi connectivity index (χ3v) is 4.28. The number of benzene rings is 1. The van der Waals surface area contributed by atoms with Crippen LogP contribution in [0.5, 0.6) is 11.5 Å². The van der Waals surface area contributed by atoms with E-state index in [2.05, 4.69) is 15.9 Å². The first-order valence-corrected chi connectivity index (χ1v) is 7.73. The summed E-state index contributed by atoms with van der Waals surface area (Å²) in [5.41, 5.74) is 0.605. The number of rotatable bonds is 2. The average Bonchev–Trinajstić information content (AvgIpc) is 2.73. The van der Waals surface area contributed by atoms with Gasteiger partial charge in [-0.25, -0.2) is 0 Å². The highest BCUT2D eigenvalue weighted by atomic mass is 79.9. The lowest BCUT2D eigenvalue weighted by molar-refractivity contribution is 0.0432. The van der Waals surface area contributed by atoms with Crippen LogP contribution >= 0.6 is 15.9 Å². The van der Waals surface area contributed by atoms with Gasteiger partial charge in [0.25, 0.3) is 0 Å². The molecule has 1 fully saturated rings. The molecule has 0 spiro atoms. The Kier molecular flexibility index (Phi) is 3.98. The number of halogens is 1. The van der Waals surface area contributed by atoms with Crippen LogP contribution in [0.2, 0.25) is 0 Å². The SMILES string of the molecule is CC1CCC(C(=O)c2cc3c(cc2Br)OCCCO3)O1. The van der Waals surface area contributed by atoms with Crippen LogP contribution in [-0.4, -0.2) is 31.2 Å². The quantitative estimate of drug-likeness (QED) is 0.774. The predicted octanol–water partition coefficient (Wildman–Crippen LogP) is 3.36. The Bertz CT molecular complexity index is 529. The van der Waals surface area contributed by atoms with Crippen molar-refractivity contribution in [2.24, 2.45) is 0 Å². The lowest BCUT2D eigenvalue weighted by Gasteiger charge is -2.14. The molecule has 0 N–H and O–H groups in total. The number of carbonyl (C=O) groups excluding carboxylic acids is 1. The lowest BCUT2D eigenvalue weighted by Crippen LogP contribution is -2.21. The van der Waals surface area contributed by atoms with E-state index in [-0.39, 0.29) is 18.0 Å². The van der Waals surface area contributed by atoms with Gasteiger partial charge in [-0.05, 0) is 47.8 Å². The molecular formula is C15H17BrO4. The van der Waals surface area contributed by atoms with Crippen LogP contribution in [0.25, 0.3) is 0 Å². The Morgan fingerprint density at radius 2 is 1.90 bits per heavy atom. The third kappa shape index (κ3) is 2.69. The fourth-order valence-electron chi connectivity index (χ4n) is 2.54. The van der Waals surface area contributed by atoms with Crippen molar-refractivity contribution >= 4 is 21.7 Å². The number of Topliss-reactive ketones (excluding diaryl/α,β-unsaturated/α-hetero) is 1. The molecule has 1 aromatic carbocycles. The molecule has 2 heterocycles. The largest absolute Gasteiger partial charge is 0.490 e. The highest BCUT2D eigenvalue weighted by Gasteiger charge is 2.31. The number of hydrogen-bond donors (Lipinski definition) is 0. The maximum absolute atomic E-state index is 12.5. The molecule has 108 valence electrons. The van der Waals surface area contributed by atoms with Gasteiger partial charge in [-0.15, -0.1) is 0 Å². The summed E-state index contributed by atoms with van der Waals surface area (Å²) >= 11 is 3.45. The highest BCUT2D eigenvalue weighted by molar-refractivity contribution is 9.10. The van der Waals surface area contributed by atoms with E-state index in [1.165, 1.54) is 0 Å². The first kappa shape index (κ1) is 13.9. The minimum atomic E-state index is -0.342. The van der Waals surface area contributed by atoms with E-state index in [0.29, 0.717) is 30.3 Å². The van der Waals surface area contributed by atoms with Crippen molar-refractivity contribution in [3.63, 3.8) is 0 Å². The number of ether oxygens (including phenoxy) is 3. The summed E-state index contributed by atoms with van der Waals surface area (Å²) in [4.78, 5) is 12.5. The molecule has 0 aliphatic carbocycles. The molecular weight excluding hydrogens is 324 g/mol. The third-order valence-electron chi connectivity index (χ3n) is 3.63. The summed E-state index contributed by atoms with van der Waals surface area (Å²) in [6.45, 7) is 3.24. The second kappa shape index (κ2) is 5.74. The van der Waals surface area contributed by atoms with Crippen molar-refractivity contribution in [3.05, 3.63) is 22.2 Å². The van der Waals surface area contributed by atoms with Crippen molar-refractivity contribution in [3.8, 4) is 11.5 Å². The molecule has 0 amide bonds. The van der Waals surface area contributed by atoms with Gasteiger partial charge < -0.3 is 14.2 Å². The standard InChI is InChI=1S/C15H17BrO4/c1-9-3-4-12(20-9)15(17)10-7-13-14(8-11(10)16)19-6-2-5-18-13/h7-9,12H,2-6H2,1H3. The summed E-state index contributed by atoms with van der Waals surface area (Å²) < 4.78 is 17.6. The van der Waals surface area contributed by atoms with Gasteiger partial charge >= 0.3 is 0 Å². The summed E-state index contributed by atoms with van der Waals surface area (Å²) in [6, 6.07) is 3.58. The molecule has 0 aromatic heterocycles. The maximum atomic E-state index is 12.5. The van der Waals surface area contributed by atoms with Crippen LogP contribution in [0.15, 0.2) is 16.6 Å². The summed E-state index contributed by atoms with van der Waals surface area (Å²) in [6.07, 6.45) is 2.37. The number of fused-ring (bicyclic) bond motifs is 1. The Balaban J connectivity index is 1.89. The molecule has 0 radical (unpaired) electrons. The number of carbonyl (C=O) groups is 1. The number of ketones is 1. The van der Waals surface area contributed by atoms with E-state index in [9.17, 15) is 4.79 Å². The van der Waals surface area contributed by atoms with Crippen LogP contribution in [0, 0.1) is 0 Å². The van der Waals surface area contributed by atoms with E-state index in [1.807, 2.05) is 13.0 Å². The summed E-state index contributed by atoms with van der Waals surface area (Å²) in [5.74, 6) is 1.34. The fraction of sp³-hybridized carbons (Fsp3) is 0.533. The van der Waals surface area contributed by atoms with Gasteiger partial charge in [-0.2, -0.15) is 0 Å². The fourth-order valence-corrected chi connectivity index (χ4v) is 3.06. The van der Waals surface area contributed by atoms with E-state index < -0.39 is 0 Å². The smallest absolute Gasteiger partial charge is 0.192 e. The first-order chi connectivity index (χ1) is 9.65. The zero-order chi connectivity index (χ0) is 14.1. The molecule has 1 saturated heterocycles. The van der Waals surface area contributed by atoms with Crippen LogP contribution < -0.4 is 9.47 Å². The van der Waals surface area contributed by atoms with Gasteiger partial charge in [0.15, 0.2) is 17.3 Å². The molecule has 0 saturated carbocycles.